The quantitative estimate of drug-likeness (QED) is 0.579. The van der Waals surface area contributed by atoms with Gasteiger partial charge >= 0.3 is 0 Å². The Bertz CT molecular complexity index is 1140. The number of nitrogens with one attached hydrogen (secondary N) is 3. The van der Waals surface area contributed by atoms with Gasteiger partial charge in [-0.25, -0.2) is 0 Å². The number of aryl methyl sites for hydroxylation is 1. The molecule has 0 spiro atoms. The van der Waals surface area contributed by atoms with Crippen molar-refractivity contribution in [1.29, 1.82) is 0 Å². The van der Waals surface area contributed by atoms with Crippen molar-refractivity contribution < 1.29 is 9.59 Å². The molecule has 1 aliphatic heterocycles. The predicted octanol–water partition coefficient (Wildman–Crippen LogP) is 3.48. The highest BCUT2D eigenvalue weighted by atomic mass is 16.2. The van der Waals surface area contributed by atoms with E-state index < -0.39 is 0 Å². The largest absolute Gasteiger partial charge is 0.345 e. The molecule has 1 saturated heterocycles. The molecule has 6 nitrogen and oxygen atoms in total. The number of hydrogen-bond acceptors (Lipinski definition) is 4. The Balaban J connectivity index is 1.49. The lowest BCUT2D eigenvalue weighted by molar-refractivity contribution is -0.119. The van der Waals surface area contributed by atoms with E-state index in [-0.39, 0.29) is 23.9 Å². The van der Waals surface area contributed by atoms with Crippen LogP contribution >= 0.6 is 0 Å². The fraction of sp³-hybridized carbons (Fsp3) is 0.308. The molecule has 166 valence electrons. The topological polar surface area (TPSA) is 73.5 Å². The van der Waals surface area contributed by atoms with Crippen molar-refractivity contribution >= 4 is 28.3 Å². The Labute approximate surface area is 189 Å². The van der Waals surface area contributed by atoms with Crippen LogP contribution in [0.25, 0.3) is 10.8 Å². The maximum atomic E-state index is 13.1. The Morgan fingerprint density at radius 3 is 2.69 bits per heavy atom. The van der Waals surface area contributed by atoms with Gasteiger partial charge in [-0.05, 0) is 54.9 Å². The third-order valence-corrected chi connectivity index (χ3v) is 6.08. The number of amides is 2. The Hall–Kier alpha value is -3.22. The van der Waals surface area contributed by atoms with Gasteiger partial charge in [0.05, 0.1) is 12.1 Å². The second-order valence-corrected chi connectivity index (χ2v) is 8.55. The molecular formula is C26H30N4O2. The first-order valence-corrected chi connectivity index (χ1v) is 11.0. The van der Waals surface area contributed by atoms with Crippen molar-refractivity contribution in [2.75, 3.05) is 32.0 Å². The summed E-state index contributed by atoms with van der Waals surface area (Å²) in [5.41, 5.74) is 3.12. The number of hydrogen-bond donors (Lipinski definition) is 3. The highest BCUT2D eigenvalue weighted by Crippen LogP contribution is 2.25. The van der Waals surface area contributed by atoms with Crippen LogP contribution in [-0.2, 0) is 4.79 Å². The first kappa shape index (κ1) is 22.0. The van der Waals surface area contributed by atoms with Crippen LogP contribution in [0.5, 0.6) is 0 Å². The maximum Gasteiger partial charge on any atom is 0.252 e. The zero-order chi connectivity index (χ0) is 22.7. The summed E-state index contributed by atoms with van der Waals surface area (Å²) in [4.78, 5) is 27.9. The van der Waals surface area contributed by atoms with E-state index in [2.05, 4.69) is 39.0 Å². The maximum absolute atomic E-state index is 13.1. The molecule has 2 amide bonds. The third kappa shape index (κ3) is 4.82. The van der Waals surface area contributed by atoms with E-state index in [1.165, 1.54) is 0 Å². The lowest BCUT2D eigenvalue weighted by Crippen LogP contribution is -2.54. The van der Waals surface area contributed by atoms with Gasteiger partial charge in [0.25, 0.3) is 5.91 Å². The average molecular weight is 431 g/mol. The van der Waals surface area contributed by atoms with Crippen LogP contribution in [-0.4, -0.2) is 49.4 Å². The fourth-order valence-electron chi connectivity index (χ4n) is 4.23. The number of piperazine rings is 1. The minimum atomic E-state index is -0.265. The summed E-state index contributed by atoms with van der Waals surface area (Å²) < 4.78 is 0. The van der Waals surface area contributed by atoms with Gasteiger partial charge in [-0.2, -0.15) is 0 Å². The molecule has 3 N–H and O–H groups in total. The lowest BCUT2D eigenvalue weighted by atomic mass is 9.99. The zero-order valence-electron chi connectivity index (χ0n) is 18.8. The summed E-state index contributed by atoms with van der Waals surface area (Å²) >= 11 is 0. The molecule has 1 fully saturated rings. The number of fused-ring (bicyclic) bond motifs is 1. The molecule has 4 rings (SSSR count). The molecule has 2 atom stereocenters. The molecule has 6 heteroatoms. The molecule has 32 heavy (non-hydrogen) atoms. The van der Waals surface area contributed by atoms with E-state index in [9.17, 15) is 9.59 Å². The van der Waals surface area contributed by atoms with Gasteiger partial charge in [0, 0.05) is 30.9 Å². The first-order chi connectivity index (χ1) is 15.4. The summed E-state index contributed by atoms with van der Waals surface area (Å²) in [6.45, 7) is 6.26. The van der Waals surface area contributed by atoms with E-state index in [0.717, 1.165) is 35.0 Å². The second kappa shape index (κ2) is 9.51. The van der Waals surface area contributed by atoms with Gasteiger partial charge in [-0.3, -0.25) is 9.59 Å². The minimum absolute atomic E-state index is 0.0871. The number of carbonyl (C=O) groups is 2. The molecule has 0 saturated carbocycles. The van der Waals surface area contributed by atoms with Crippen LogP contribution in [0.15, 0.2) is 60.7 Å². The zero-order valence-corrected chi connectivity index (χ0v) is 18.8. The molecule has 1 unspecified atom stereocenters. The standard InChI is InChI=1S/C26H30N4O2/c1-17-11-12-20(29-26(32)24-16-30(3)14-13-27-24)15-23(17)25(31)28-18(2)21-10-6-8-19-7-4-5-9-22(19)21/h4-12,15,18,24,27H,13-14,16H2,1-3H3,(H,28,31)(H,29,32)/t18-,24?/m1/s1. The number of anilines is 1. The van der Waals surface area contributed by atoms with Crippen LogP contribution in [0.4, 0.5) is 5.69 Å². The molecule has 3 aromatic rings. The number of benzene rings is 3. The predicted molar refractivity (Wildman–Crippen MR) is 129 cm³/mol. The van der Waals surface area contributed by atoms with Gasteiger partial charge < -0.3 is 20.9 Å². The Morgan fingerprint density at radius 1 is 1.09 bits per heavy atom. The molecular weight excluding hydrogens is 400 g/mol. The van der Waals surface area contributed by atoms with Gasteiger partial charge in [-0.15, -0.1) is 0 Å². The monoisotopic (exact) mass is 430 g/mol. The van der Waals surface area contributed by atoms with Gasteiger partial charge in [0.2, 0.25) is 5.91 Å². The number of likely N-dealkylation sites (N-methyl/N-ethyl adjacent to an activating group) is 1. The third-order valence-electron chi connectivity index (χ3n) is 6.08. The van der Waals surface area contributed by atoms with Crippen molar-refractivity contribution in [3.8, 4) is 0 Å². The number of rotatable bonds is 5. The summed E-state index contributed by atoms with van der Waals surface area (Å²) in [5, 5.41) is 11.6. The Morgan fingerprint density at radius 2 is 1.88 bits per heavy atom. The fourth-order valence-corrected chi connectivity index (χ4v) is 4.23. The van der Waals surface area contributed by atoms with Crippen LogP contribution in [0.1, 0.15) is 34.5 Å². The van der Waals surface area contributed by atoms with Gasteiger partial charge in [0.15, 0.2) is 0 Å². The summed E-state index contributed by atoms with van der Waals surface area (Å²) in [6.07, 6.45) is 0. The number of nitrogens with zero attached hydrogens (tertiary/aromatic N) is 1. The van der Waals surface area contributed by atoms with Gasteiger partial charge in [-0.1, -0.05) is 48.5 Å². The van der Waals surface area contributed by atoms with E-state index in [4.69, 9.17) is 0 Å². The van der Waals surface area contributed by atoms with E-state index in [0.29, 0.717) is 17.8 Å². The number of carbonyl (C=O) groups excluding carboxylic acids is 2. The lowest BCUT2D eigenvalue weighted by Gasteiger charge is -2.30. The smallest absolute Gasteiger partial charge is 0.252 e. The molecule has 0 aliphatic carbocycles. The SMILES string of the molecule is Cc1ccc(NC(=O)C2CN(C)CCN2)cc1C(=O)N[C@H](C)c1cccc2ccccc12. The minimum Gasteiger partial charge on any atom is -0.345 e. The summed E-state index contributed by atoms with van der Waals surface area (Å²) in [7, 11) is 2.01. The van der Waals surface area contributed by atoms with Crippen LogP contribution < -0.4 is 16.0 Å². The highest BCUT2D eigenvalue weighted by Gasteiger charge is 2.24. The molecule has 1 aliphatic rings. The van der Waals surface area contributed by atoms with Crippen molar-refractivity contribution in [2.45, 2.75) is 25.9 Å². The normalized spacial score (nSPS) is 17.7. The van der Waals surface area contributed by atoms with Crippen molar-refractivity contribution in [3.05, 3.63) is 77.4 Å². The highest BCUT2D eigenvalue weighted by molar-refractivity contribution is 6.00. The Kier molecular flexibility index (Phi) is 6.53. The first-order valence-electron chi connectivity index (χ1n) is 11.0. The van der Waals surface area contributed by atoms with Crippen LogP contribution in [0, 0.1) is 6.92 Å². The van der Waals surface area contributed by atoms with Crippen molar-refractivity contribution in [2.24, 2.45) is 0 Å². The summed E-state index contributed by atoms with van der Waals surface area (Å²) in [5.74, 6) is -0.245. The molecule has 3 aromatic carbocycles. The second-order valence-electron chi connectivity index (χ2n) is 8.55. The van der Waals surface area contributed by atoms with E-state index in [1.54, 1.807) is 6.07 Å². The van der Waals surface area contributed by atoms with Gasteiger partial charge in [0.1, 0.15) is 0 Å². The van der Waals surface area contributed by atoms with E-state index in [1.807, 2.05) is 57.3 Å². The molecule has 0 bridgehead atoms. The van der Waals surface area contributed by atoms with Crippen LogP contribution in [0.3, 0.4) is 0 Å². The molecule has 0 radical (unpaired) electrons. The molecule has 0 aromatic heterocycles. The van der Waals surface area contributed by atoms with Crippen LogP contribution in [0.2, 0.25) is 0 Å². The molecule has 1 heterocycles. The van der Waals surface area contributed by atoms with Crippen molar-refractivity contribution in [3.63, 3.8) is 0 Å². The van der Waals surface area contributed by atoms with E-state index >= 15 is 0 Å². The average Bonchev–Trinajstić information content (AvgIpc) is 2.79. The summed E-state index contributed by atoms with van der Waals surface area (Å²) in [6, 6.07) is 19.3. The van der Waals surface area contributed by atoms with Crippen molar-refractivity contribution in [1.82, 2.24) is 15.5 Å².